The molecule has 0 spiro atoms. The smallest absolute Gasteiger partial charge is 0.219 e. The molecule has 0 atom stereocenters. The highest BCUT2D eigenvalue weighted by molar-refractivity contribution is 7.10. The maximum atomic E-state index is 5.28. The highest BCUT2D eigenvalue weighted by Crippen LogP contribution is 2.25. The lowest BCUT2D eigenvalue weighted by molar-refractivity contribution is 0.103. The molecule has 1 nitrogen and oxygen atoms in total. The van der Waals surface area contributed by atoms with E-state index in [4.69, 9.17) is 4.42 Å². The minimum Gasteiger partial charge on any atom is -0.456 e. The lowest BCUT2D eigenvalue weighted by Gasteiger charge is -1.87. The van der Waals surface area contributed by atoms with Gasteiger partial charge in [-0.25, -0.2) is 0 Å². The zero-order valence-corrected chi connectivity index (χ0v) is 9.48. The van der Waals surface area contributed by atoms with E-state index in [1.165, 1.54) is 12.8 Å². The molecule has 0 saturated heterocycles. The van der Waals surface area contributed by atoms with Gasteiger partial charge in [0.25, 0.3) is 0 Å². The molecular weight excluding hydrogens is 204 g/mol. The van der Waals surface area contributed by atoms with E-state index >= 15 is 0 Å². The maximum absolute atomic E-state index is 5.28. The Morgan fingerprint density at radius 1 is 1.53 bits per heavy atom. The molecule has 1 fully saturated rings. The molecule has 0 unspecified atom stereocenters. The molecule has 0 N–H and O–H groups in total. The van der Waals surface area contributed by atoms with Crippen molar-refractivity contribution in [1.29, 1.82) is 0 Å². The number of hydrogen-bond donors (Lipinski definition) is 0. The Kier molecular flexibility index (Phi) is 3.99. The minimum absolute atomic E-state index is 0.627. The Labute approximate surface area is 94.8 Å². The average molecular weight is 218 g/mol. The van der Waals surface area contributed by atoms with Crippen molar-refractivity contribution in [2.45, 2.75) is 25.7 Å². The van der Waals surface area contributed by atoms with Crippen LogP contribution < -0.4 is 0 Å². The van der Waals surface area contributed by atoms with Crippen LogP contribution in [-0.4, -0.2) is 12.9 Å². The van der Waals surface area contributed by atoms with Crippen LogP contribution in [0.5, 0.6) is 0 Å². The van der Waals surface area contributed by atoms with Gasteiger partial charge in [0.2, 0.25) is 6.61 Å². The molecule has 1 aliphatic rings. The van der Waals surface area contributed by atoms with Crippen LogP contribution >= 0.6 is 11.3 Å². The van der Waals surface area contributed by atoms with Crippen LogP contribution in [0.3, 0.4) is 0 Å². The third kappa shape index (κ3) is 4.31. The lowest BCUT2D eigenvalue weighted by atomic mass is 10.3. The second-order valence-electron chi connectivity index (χ2n) is 3.62. The summed E-state index contributed by atoms with van der Waals surface area (Å²) in [6, 6.07) is 4.07. The van der Waals surface area contributed by atoms with Crippen LogP contribution in [0.25, 0.3) is 0 Å². The molecule has 1 saturated carbocycles. The molecule has 0 amide bonds. The Balaban J connectivity index is 1.58. The molecular formula is C13H14OS. The van der Waals surface area contributed by atoms with E-state index in [0.29, 0.717) is 5.92 Å². The van der Waals surface area contributed by atoms with Crippen LogP contribution in [0, 0.1) is 17.8 Å². The van der Waals surface area contributed by atoms with Crippen molar-refractivity contribution >= 4 is 17.6 Å². The zero-order chi connectivity index (χ0) is 10.3. The second kappa shape index (κ2) is 5.72. The highest BCUT2D eigenvalue weighted by Gasteiger charge is 2.13. The Bertz CT molecular complexity index is 363. The summed E-state index contributed by atoms with van der Waals surface area (Å²) in [4.78, 5) is 1.15. The van der Waals surface area contributed by atoms with Crippen LogP contribution in [-0.2, 0) is 4.42 Å². The lowest BCUT2D eigenvalue weighted by Crippen LogP contribution is -1.87. The Hall–Kier alpha value is -1.07. The summed E-state index contributed by atoms with van der Waals surface area (Å²) in [5, 5.41) is 2.05. The van der Waals surface area contributed by atoms with Gasteiger partial charge in [0.15, 0.2) is 0 Å². The van der Waals surface area contributed by atoms with Gasteiger partial charge in [-0.1, -0.05) is 36.7 Å². The van der Waals surface area contributed by atoms with Gasteiger partial charge in [-0.15, -0.1) is 11.3 Å². The first-order valence-corrected chi connectivity index (χ1v) is 6.23. The summed E-state index contributed by atoms with van der Waals surface area (Å²) >= 11 is 1.69. The third-order valence-electron chi connectivity index (χ3n) is 2.11. The number of unbranched alkanes of at least 4 members (excludes halogenated alkanes) is 1. The number of thiophene rings is 1. The molecule has 0 aliphatic heterocycles. The van der Waals surface area contributed by atoms with Crippen molar-refractivity contribution in [3.63, 3.8) is 0 Å². The largest absolute Gasteiger partial charge is 0.456 e. The maximum Gasteiger partial charge on any atom is 0.219 e. The molecule has 0 bridgehead atoms. The van der Waals surface area contributed by atoms with Crippen molar-refractivity contribution < 1.29 is 4.42 Å². The minimum atomic E-state index is 0.627. The first-order valence-electron chi connectivity index (χ1n) is 5.35. The van der Waals surface area contributed by atoms with Crippen LogP contribution in [0.4, 0.5) is 0 Å². The molecule has 0 aromatic carbocycles. The molecule has 1 heterocycles. The van der Waals surface area contributed by atoms with E-state index in [9.17, 15) is 0 Å². The van der Waals surface area contributed by atoms with Crippen LogP contribution in [0.15, 0.2) is 17.5 Å². The van der Waals surface area contributed by atoms with Crippen LogP contribution in [0.2, 0.25) is 0 Å². The number of hydrogen-bond acceptors (Lipinski definition) is 1. The van der Waals surface area contributed by atoms with E-state index < -0.39 is 0 Å². The molecule has 0 radical (unpaired) electrons. The molecule has 2 heteroatoms. The summed E-state index contributed by atoms with van der Waals surface area (Å²) in [5.41, 5.74) is 0. The summed E-state index contributed by atoms with van der Waals surface area (Å²) in [5.74, 6) is 6.90. The van der Waals surface area contributed by atoms with E-state index in [-0.39, 0.29) is 0 Å². The summed E-state index contributed by atoms with van der Waals surface area (Å²) in [6.45, 7) is 0.760. The molecule has 1 aromatic heterocycles. The van der Waals surface area contributed by atoms with Crippen molar-refractivity contribution in [2.75, 3.05) is 6.61 Å². The first kappa shape index (κ1) is 10.4. The van der Waals surface area contributed by atoms with E-state index in [2.05, 4.69) is 18.1 Å². The summed E-state index contributed by atoms with van der Waals surface area (Å²) in [7, 11) is 0. The van der Waals surface area contributed by atoms with Gasteiger partial charge in [0.1, 0.15) is 0 Å². The topological polar surface area (TPSA) is 11.3 Å². The van der Waals surface area contributed by atoms with E-state index in [1.807, 2.05) is 17.5 Å². The second-order valence-corrected chi connectivity index (χ2v) is 4.57. The molecule has 78 valence electrons. The van der Waals surface area contributed by atoms with Gasteiger partial charge in [0.05, 0.1) is 4.88 Å². The average Bonchev–Trinajstić information content (AvgIpc) is 2.92. The SMILES string of the molecule is C(#Cc1cccs1)CCC[O+]=[C-]C1CC1. The van der Waals surface area contributed by atoms with E-state index in [1.54, 1.807) is 11.3 Å². The molecule has 1 aliphatic carbocycles. The predicted molar refractivity (Wildman–Crippen MR) is 63.7 cm³/mol. The molecule has 1 aromatic rings. The van der Waals surface area contributed by atoms with Crippen molar-refractivity contribution in [3.05, 3.63) is 22.4 Å². The van der Waals surface area contributed by atoms with Gasteiger partial charge < -0.3 is 4.42 Å². The van der Waals surface area contributed by atoms with Crippen LogP contribution in [0.1, 0.15) is 30.6 Å². The zero-order valence-electron chi connectivity index (χ0n) is 8.66. The fourth-order valence-electron chi connectivity index (χ4n) is 1.11. The Morgan fingerprint density at radius 2 is 2.47 bits per heavy atom. The van der Waals surface area contributed by atoms with Gasteiger partial charge in [-0.05, 0) is 17.7 Å². The van der Waals surface area contributed by atoms with Crippen molar-refractivity contribution in [1.82, 2.24) is 0 Å². The normalized spacial score (nSPS) is 15.2. The van der Waals surface area contributed by atoms with Gasteiger partial charge >= 0.3 is 0 Å². The first-order chi connectivity index (χ1) is 7.45. The molecule has 15 heavy (non-hydrogen) atoms. The van der Waals surface area contributed by atoms with E-state index in [0.717, 1.165) is 24.3 Å². The van der Waals surface area contributed by atoms with Crippen molar-refractivity contribution in [2.24, 2.45) is 5.92 Å². The number of carbonyl (C=O) groups excluding carboxylic acids is 1. The molecule has 2 rings (SSSR count). The van der Waals surface area contributed by atoms with Gasteiger partial charge in [0, 0.05) is 12.8 Å². The van der Waals surface area contributed by atoms with Crippen molar-refractivity contribution in [3.8, 4) is 11.8 Å². The summed E-state index contributed by atoms with van der Waals surface area (Å²) < 4.78 is 5.28. The predicted octanol–water partition coefficient (Wildman–Crippen LogP) is 2.94. The van der Waals surface area contributed by atoms with Gasteiger partial charge in [-0.3, -0.25) is 0 Å². The quantitative estimate of drug-likeness (QED) is 0.319. The Morgan fingerprint density at radius 3 is 3.20 bits per heavy atom. The van der Waals surface area contributed by atoms with Gasteiger partial charge in [-0.2, -0.15) is 0 Å². The fraction of sp³-hybridized carbons (Fsp3) is 0.462. The number of rotatable bonds is 4. The fourth-order valence-corrected chi connectivity index (χ4v) is 1.70. The monoisotopic (exact) mass is 218 g/mol. The summed E-state index contributed by atoms with van der Waals surface area (Å²) in [6.07, 6.45) is 7.44. The standard InChI is InChI=1S/C13H14OS/c1(2-5-13-6-4-10-15-13)3-9-14-11-12-7-8-12/h4,6,10,12H,1,3,7-9H2. The third-order valence-corrected chi connectivity index (χ3v) is 2.89. The highest BCUT2D eigenvalue weighted by atomic mass is 32.1.